The van der Waals surface area contributed by atoms with Gasteiger partial charge in [-0.1, -0.05) is 5.16 Å². The molecule has 1 heterocycles. The summed E-state index contributed by atoms with van der Waals surface area (Å²) in [4.78, 5) is 2.06. The van der Waals surface area contributed by atoms with E-state index in [2.05, 4.69) is 10.1 Å². The highest BCUT2D eigenvalue weighted by molar-refractivity contribution is 5.82. The van der Waals surface area contributed by atoms with Gasteiger partial charge in [0, 0.05) is 25.1 Å². The topological polar surface area (TPSA) is 61.9 Å². The van der Waals surface area contributed by atoms with Crippen molar-refractivity contribution in [3.05, 3.63) is 35.4 Å². The number of nitrogens with zero attached hydrogens (tertiary/aromatic N) is 2. The van der Waals surface area contributed by atoms with Gasteiger partial charge in [-0.25, -0.2) is 8.78 Å². The summed E-state index contributed by atoms with van der Waals surface area (Å²) in [5.74, 6) is -0.924. The lowest BCUT2D eigenvalue weighted by Gasteiger charge is -2.32. The van der Waals surface area contributed by atoms with Crippen LogP contribution in [0.1, 0.15) is 18.4 Å². The Hall–Kier alpha value is -1.69. The molecule has 1 fully saturated rings. The second kappa shape index (κ2) is 5.97. The molecule has 0 radical (unpaired) electrons. The van der Waals surface area contributed by atoms with Gasteiger partial charge in [-0.2, -0.15) is 0 Å². The van der Waals surface area contributed by atoms with E-state index in [9.17, 15) is 8.78 Å². The zero-order chi connectivity index (χ0) is 13.8. The van der Waals surface area contributed by atoms with Crippen molar-refractivity contribution in [3.63, 3.8) is 0 Å². The maximum absolute atomic E-state index is 13.1. The van der Waals surface area contributed by atoms with Gasteiger partial charge in [-0.3, -0.25) is 4.90 Å². The smallest absolute Gasteiger partial charge is 0.143 e. The lowest BCUT2D eigenvalue weighted by atomic mass is 9.96. The lowest BCUT2D eigenvalue weighted by Crippen LogP contribution is -2.40. The van der Waals surface area contributed by atoms with Crippen LogP contribution in [0.2, 0.25) is 0 Å². The molecule has 6 heteroatoms. The third kappa shape index (κ3) is 3.64. The van der Waals surface area contributed by atoms with Crippen LogP contribution < -0.4 is 5.73 Å². The average Bonchev–Trinajstić information content (AvgIpc) is 2.37. The number of likely N-dealkylation sites (tertiary alicyclic amines) is 1. The Kier molecular flexibility index (Phi) is 4.31. The molecule has 3 N–H and O–H groups in total. The highest BCUT2D eigenvalue weighted by Gasteiger charge is 2.23. The quantitative estimate of drug-likeness (QED) is 0.381. The standard InChI is InChI=1S/C13H17F2N3O/c14-11-4-9(5-12(15)6-11)7-18-3-1-2-10(8-18)13(16)17-19/h4-6,10,19H,1-3,7-8H2,(H2,16,17). The highest BCUT2D eigenvalue weighted by Crippen LogP contribution is 2.19. The van der Waals surface area contributed by atoms with Gasteiger partial charge in [0.1, 0.15) is 17.5 Å². The molecule has 2 rings (SSSR count). The van der Waals surface area contributed by atoms with Crippen LogP contribution in [0, 0.1) is 17.6 Å². The van der Waals surface area contributed by atoms with Crippen molar-refractivity contribution in [3.8, 4) is 0 Å². The summed E-state index contributed by atoms with van der Waals surface area (Å²) in [7, 11) is 0. The van der Waals surface area contributed by atoms with Gasteiger partial charge in [0.2, 0.25) is 0 Å². The molecule has 1 aromatic carbocycles. The van der Waals surface area contributed by atoms with E-state index in [1.807, 2.05) is 0 Å². The normalized spacial score (nSPS) is 21.6. The third-order valence-electron chi connectivity index (χ3n) is 3.37. The fourth-order valence-electron chi connectivity index (χ4n) is 2.48. The van der Waals surface area contributed by atoms with Gasteiger partial charge in [0.05, 0.1) is 0 Å². The molecule has 104 valence electrons. The molecule has 0 aromatic heterocycles. The minimum Gasteiger partial charge on any atom is -0.409 e. The molecular weight excluding hydrogens is 252 g/mol. The summed E-state index contributed by atoms with van der Waals surface area (Å²) in [5, 5.41) is 11.7. The van der Waals surface area contributed by atoms with E-state index in [0.717, 1.165) is 25.5 Å². The predicted octanol–water partition coefficient (Wildman–Crippen LogP) is 1.92. The first-order chi connectivity index (χ1) is 9.08. The molecule has 1 saturated heterocycles. The maximum atomic E-state index is 13.1. The Morgan fingerprint density at radius 1 is 1.37 bits per heavy atom. The molecule has 0 spiro atoms. The van der Waals surface area contributed by atoms with Crippen molar-refractivity contribution in [1.29, 1.82) is 0 Å². The Bertz CT molecular complexity index is 459. The van der Waals surface area contributed by atoms with Crippen LogP contribution in [0.15, 0.2) is 23.4 Å². The van der Waals surface area contributed by atoms with Crippen LogP contribution in [-0.4, -0.2) is 29.0 Å². The van der Waals surface area contributed by atoms with Crippen LogP contribution in [0.25, 0.3) is 0 Å². The first-order valence-corrected chi connectivity index (χ1v) is 6.23. The van der Waals surface area contributed by atoms with Crippen LogP contribution >= 0.6 is 0 Å². The number of rotatable bonds is 3. The number of piperidine rings is 1. The van der Waals surface area contributed by atoms with E-state index >= 15 is 0 Å². The van der Waals surface area contributed by atoms with Crippen molar-refractivity contribution in [2.24, 2.45) is 16.8 Å². The number of oxime groups is 1. The molecule has 1 aliphatic heterocycles. The Morgan fingerprint density at radius 2 is 2.05 bits per heavy atom. The molecular formula is C13H17F2N3O. The monoisotopic (exact) mass is 269 g/mol. The summed E-state index contributed by atoms with van der Waals surface area (Å²) >= 11 is 0. The fourth-order valence-corrected chi connectivity index (χ4v) is 2.48. The Morgan fingerprint density at radius 3 is 2.68 bits per heavy atom. The molecule has 0 amide bonds. The van der Waals surface area contributed by atoms with Gasteiger partial charge in [0.25, 0.3) is 0 Å². The van der Waals surface area contributed by atoms with Crippen LogP contribution in [0.3, 0.4) is 0 Å². The fraction of sp³-hybridized carbons (Fsp3) is 0.462. The molecule has 0 aliphatic carbocycles. The maximum Gasteiger partial charge on any atom is 0.143 e. The average molecular weight is 269 g/mol. The molecule has 1 aliphatic rings. The van der Waals surface area contributed by atoms with Gasteiger partial charge in [0.15, 0.2) is 0 Å². The second-order valence-corrected chi connectivity index (χ2v) is 4.88. The summed E-state index contributed by atoms with van der Waals surface area (Å²) < 4.78 is 26.2. The van der Waals surface area contributed by atoms with E-state index in [1.165, 1.54) is 12.1 Å². The summed E-state index contributed by atoms with van der Waals surface area (Å²) in [5.41, 5.74) is 6.20. The number of halogens is 2. The SMILES string of the molecule is N/C(=N/O)C1CCCN(Cc2cc(F)cc(F)c2)C1. The Labute approximate surface area is 110 Å². The zero-order valence-electron chi connectivity index (χ0n) is 10.5. The molecule has 0 bridgehead atoms. The molecule has 1 atom stereocenters. The third-order valence-corrected chi connectivity index (χ3v) is 3.37. The number of hydrogen-bond acceptors (Lipinski definition) is 3. The lowest BCUT2D eigenvalue weighted by molar-refractivity contribution is 0.192. The highest BCUT2D eigenvalue weighted by atomic mass is 19.1. The van der Waals surface area contributed by atoms with E-state index < -0.39 is 11.6 Å². The van der Waals surface area contributed by atoms with E-state index in [1.54, 1.807) is 0 Å². The van der Waals surface area contributed by atoms with E-state index in [-0.39, 0.29) is 11.8 Å². The second-order valence-electron chi connectivity index (χ2n) is 4.88. The first kappa shape index (κ1) is 13.7. The summed E-state index contributed by atoms with van der Waals surface area (Å²) in [6.45, 7) is 1.94. The number of benzene rings is 1. The largest absolute Gasteiger partial charge is 0.409 e. The predicted molar refractivity (Wildman–Crippen MR) is 67.8 cm³/mol. The molecule has 0 saturated carbocycles. The molecule has 19 heavy (non-hydrogen) atoms. The zero-order valence-corrected chi connectivity index (χ0v) is 10.5. The summed E-state index contributed by atoms with van der Waals surface area (Å²) in [6, 6.07) is 3.52. The van der Waals surface area contributed by atoms with Crippen molar-refractivity contribution in [2.75, 3.05) is 13.1 Å². The van der Waals surface area contributed by atoms with Crippen molar-refractivity contribution in [2.45, 2.75) is 19.4 Å². The number of hydrogen-bond donors (Lipinski definition) is 2. The van der Waals surface area contributed by atoms with E-state index in [4.69, 9.17) is 10.9 Å². The van der Waals surface area contributed by atoms with Crippen LogP contribution in [0.5, 0.6) is 0 Å². The first-order valence-electron chi connectivity index (χ1n) is 6.23. The molecule has 1 aromatic rings. The van der Waals surface area contributed by atoms with Crippen LogP contribution in [0.4, 0.5) is 8.78 Å². The molecule has 1 unspecified atom stereocenters. The van der Waals surface area contributed by atoms with Crippen molar-refractivity contribution in [1.82, 2.24) is 4.90 Å². The van der Waals surface area contributed by atoms with Crippen molar-refractivity contribution >= 4 is 5.84 Å². The van der Waals surface area contributed by atoms with Crippen LogP contribution in [-0.2, 0) is 6.54 Å². The minimum atomic E-state index is -0.569. The number of amidine groups is 1. The van der Waals surface area contributed by atoms with Gasteiger partial charge in [-0.05, 0) is 37.1 Å². The van der Waals surface area contributed by atoms with Gasteiger partial charge in [-0.15, -0.1) is 0 Å². The number of nitrogens with two attached hydrogens (primary N) is 1. The summed E-state index contributed by atoms with van der Waals surface area (Å²) in [6.07, 6.45) is 1.78. The minimum absolute atomic E-state index is 0.00263. The van der Waals surface area contributed by atoms with E-state index in [0.29, 0.717) is 18.7 Å². The molecule has 4 nitrogen and oxygen atoms in total. The van der Waals surface area contributed by atoms with Gasteiger partial charge < -0.3 is 10.9 Å². The Balaban J connectivity index is 2.02. The van der Waals surface area contributed by atoms with Crippen molar-refractivity contribution < 1.29 is 14.0 Å². The van der Waals surface area contributed by atoms with Gasteiger partial charge >= 0.3 is 0 Å².